The Morgan fingerprint density at radius 1 is 1.37 bits per heavy atom. The lowest BCUT2D eigenvalue weighted by Crippen LogP contribution is -2.34. The van der Waals surface area contributed by atoms with Gasteiger partial charge in [-0.3, -0.25) is 15.0 Å². The maximum Gasteiger partial charge on any atom is 0.284 e. The maximum absolute atomic E-state index is 11.2. The molecular formula is C14H16N2O3. The van der Waals surface area contributed by atoms with Crippen LogP contribution >= 0.6 is 0 Å². The molecule has 5 heteroatoms. The molecule has 0 saturated heterocycles. The van der Waals surface area contributed by atoms with E-state index in [1.54, 1.807) is 24.5 Å². The summed E-state index contributed by atoms with van der Waals surface area (Å²) in [5.41, 5.74) is 4.47. The Kier molecular flexibility index (Phi) is 3.66. The number of aryl methyl sites for hydroxylation is 2. The number of ether oxygens (including phenoxy) is 1. The molecule has 2 rings (SSSR count). The highest BCUT2D eigenvalue weighted by Gasteiger charge is 2.14. The van der Waals surface area contributed by atoms with Crippen molar-refractivity contribution in [3.63, 3.8) is 0 Å². The number of hydrogen-bond donors (Lipinski definition) is 2. The van der Waals surface area contributed by atoms with Gasteiger partial charge in [0.1, 0.15) is 5.75 Å². The fourth-order valence-corrected chi connectivity index (χ4v) is 1.97. The van der Waals surface area contributed by atoms with Crippen LogP contribution in [0.5, 0.6) is 5.75 Å². The quantitative estimate of drug-likeness (QED) is 0.655. The number of benzene rings is 1. The van der Waals surface area contributed by atoms with Crippen LogP contribution in [0.4, 0.5) is 0 Å². The summed E-state index contributed by atoms with van der Waals surface area (Å²) in [4.78, 5) is 15.6. The van der Waals surface area contributed by atoms with Gasteiger partial charge in [-0.05, 0) is 44.5 Å². The van der Waals surface area contributed by atoms with E-state index < -0.39 is 12.0 Å². The normalized spacial score (nSPS) is 12.2. The Morgan fingerprint density at radius 2 is 2.11 bits per heavy atom. The van der Waals surface area contributed by atoms with E-state index in [0.29, 0.717) is 5.75 Å². The van der Waals surface area contributed by atoms with E-state index in [1.807, 2.05) is 26.0 Å². The van der Waals surface area contributed by atoms with Crippen molar-refractivity contribution in [2.24, 2.45) is 0 Å². The number of amides is 1. The number of nitrogens with zero attached hydrogens (tertiary/aromatic N) is 1. The minimum atomic E-state index is -0.770. The van der Waals surface area contributed by atoms with E-state index >= 15 is 0 Å². The van der Waals surface area contributed by atoms with Crippen molar-refractivity contribution in [3.8, 4) is 5.75 Å². The second kappa shape index (κ2) is 5.24. The molecule has 1 heterocycles. The summed E-state index contributed by atoms with van der Waals surface area (Å²) >= 11 is 0. The van der Waals surface area contributed by atoms with Crippen molar-refractivity contribution in [2.45, 2.75) is 26.9 Å². The van der Waals surface area contributed by atoms with Gasteiger partial charge in [0.2, 0.25) is 0 Å². The van der Waals surface area contributed by atoms with Crippen molar-refractivity contribution >= 4 is 16.8 Å². The molecule has 0 fully saturated rings. The second-order valence-electron chi connectivity index (χ2n) is 4.50. The van der Waals surface area contributed by atoms with Gasteiger partial charge in [-0.15, -0.1) is 0 Å². The smallest absolute Gasteiger partial charge is 0.284 e. The molecule has 19 heavy (non-hydrogen) atoms. The summed E-state index contributed by atoms with van der Waals surface area (Å²) in [7, 11) is 0. The predicted octanol–water partition coefficient (Wildman–Crippen LogP) is 2.12. The van der Waals surface area contributed by atoms with Crippen LogP contribution < -0.4 is 10.2 Å². The first-order valence-corrected chi connectivity index (χ1v) is 6.00. The van der Waals surface area contributed by atoms with Crippen LogP contribution in [0.3, 0.4) is 0 Å². The highest BCUT2D eigenvalue weighted by atomic mass is 16.5. The first-order chi connectivity index (χ1) is 9.01. The number of rotatable bonds is 3. The molecular weight excluding hydrogens is 244 g/mol. The van der Waals surface area contributed by atoms with Gasteiger partial charge in [-0.25, -0.2) is 5.48 Å². The van der Waals surface area contributed by atoms with Gasteiger partial charge in [0.25, 0.3) is 5.91 Å². The highest BCUT2D eigenvalue weighted by Crippen LogP contribution is 2.23. The van der Waals surface area contributed by atoms with E-state index in [1.165, 1.54) is 0 Å². The van der Waals surface area contributed by atoms with Crippen LogP contribution in [0.25, 0.3) is 10.9 Å². The number of hydroxylamine groups is 1. The van der Waals surface area contributed by atoms with E-state index in [9.17, 15) is 4.79 Å². The lowest BCUT2D eigenvalue weighted by atomic mass is 10.1. The first kappa shape index (κ1) is 13.3. The molecule has 0 aliphatic carbocycles. The standard InChI is InChI=1S/C14H16N2O3/c1-8-6-9(2)15-13-7-11(4-5-12(8)13)19-10(3)14(17)16-18/h4-7,10,18H,1-3H3,(H,16,17). The number of nitrogens with one attached hydrogen (secondary N) is 1. The lowest BCUT2D eigenvalue weighted by molar-refractivity contribution is -0.135. The SMILES string of the molecule is Cc1cc(C)c2ccc(OC(C)C(=O)NO)cc2n1. The maximum atomic E-state index is 11.2. The van der Waals surface area contributed by atoms with E-state index in [4.69, 9.17) is 9.94 Å². The average Bonchev–Trinajstić information content (AvgIpc) is 2.36. The van der Waals surface area contributed by atoms with Gasteiger partial charge in [-0.2, -0.15) is 0 Å². The molecule has 0 bridgehead atoms. The second-order valence-corrected chi connectivity index (χ2v) is 4.50. The summed E-state index contributed by atoms with van der Waals surface area (Å²) in [6.07, 6.45) is -0.770. The zero-order valence-corrected chi connectivity index (χ0v) is 11.1. The number of aromatic nitrogens is 1. The summed E-state index contributed by atoms with van der Waals surface area (Å²) in [5, 5.41) is 9.59. The van der Waals surface area contributed by atoms with Crippen molar-refractivity contribution in [1.29, 1.82) is 0 Å². The fourth-order valence-electron chi connectivity index (χ4n) is 1.97. The molecule has 100 valence electrons. The molecule has 5 nitrogen and oxygen atoms in total. The van der Waals surface area contributed by atoms with Gasteiger partial charge in [0, 0.05) is 17.1 Å². The molecule has 2 N–H and O–H groups in total. The number of carbonyl (C=O) groups is 1. The Bertz CT molecular complexity index is 625. The summed E-state index contributed by atoms with van der Waals surface area (Å²) < 4.78 is 5.44. The highest BCUT2D eigenvalue weighted by molar-refractivity contribution is 5.84. The van der Waals surface area contributed by atoms with Crippen LogP contribution in [0.15, 0.2) is 24.3 Å². The van der Waals surface area contributed by atoms with Gasteiger partial charge in [0.05, 0.1) is 5.52 Å². The van der Waals surface area contributed by atoms with E-state index in [-0.39, 0.29) is 0 Å². The lowest BCUT2D eigenvalue weighted by Gasteiger charge is -2.13. The molecule has 0 radical (unpaired) electrons. The molecule has 1 amide bonds. The third-order valence-corrected chi connectivity index (χ3v) is 2.91. The van der Waals surface area contributed by atoms with Crippen LogP contribution in [0, 0.1) is 13.8 Å². The Labute approximate surface area is 111 Å². The molecule has 1 aromatic heterocycles. The predicted molar refractivity (Wildman–Crippen MR) is 71.2 cm³/mol. The number of fused-ring (bicyclic) bond motifs is 1. The summed E-state index contributed by atoms with van der Waals surface area (Å²) in [6, 6.07) is 7.50. The molecule has 1 atom stereocenters. The van der Waals surface area contributed by atoms with Gasteiger partial charge < -0.3 is 4.74 Å². The van der Waals surface area contributed by atoms with Crippen molar-refractivity contribution < 1.29 is 14.7 Å². The third-order valence-electron chi connectivity index (χ3n) is 2.91. The largest absolute Gasteiger partial charge is 0.481 e. The molecule has 1 unspecified atom stereocenters. The van der Waals surface area contributed by atoms with Crippen LogP contribution in [0.2, 0.25) is 0 Å². The Hall–Kier alpha value is -2.14. The molecule has 0 aliphatic rings. The van der Waals surface area contributed by atoms with Gasteiger partial charge >= 0.3 is 0 Å². The zero-order chi connectivity index (χ0) is 14.0. The monoisotopic (exact) mass is 260 g/mol. The molecule has 1 aromatic carbocycles. The van der Waals surface area contributed by atoms with Gasteiger partial charge in [-0.1, -0.05) is 0 Å². The number of hydrogen-bond acceptors (Lipinski definition) is 4. The minimum Gasteiger partial charge on any atom is -0.481 e. The number of pyridine rings is 1. The number of carbonyl (C=O) groups excluding carboxylic acids is 1. The first-order valence-electron chi connectivity index (χ1n) is 6.00. The van der Waals surface area contributed by atoms with Crippen LogP contribution in [-0.2, 0) is 4.79 Å². The van der Waals surface area contributed by atoms with Crippen molar-refractivity contribution in [3.05, 3.63) is 35.5 Å². The Balaban J connectivity index is 2.34. The average molecular weight is 260 g/mol. The Morgan fingerprint density at radius 3 is 2.79 bits per heavy atom. The molecule has 2 aromatic rings. The van der Waals surface area contributed by atoms with Crippen molar-refractivity contribution in [2.75, 3.05) is 0 Å². The molecule has 0 spiro atoms. The minimum absolute atomic E-state index is 0.543. The van der Waals surface area contributed by atoms with Gasteiger partial charge in [0.15, 0.2) is 6.10 Å². The zero-order valence-electron chi connectivity index (χ0n) is 11.1. The molecule has 0 saturated carbocycles. The van der Waals surface area contributed by atoms with E-state index in [2.05, 4.69) is 4.98 Å². The fraction of sp³-hybridized carbons (Fsp3) is 0.286. The van der Waals surface area contributed by atoms with Crippen LogP contribution in [0.1, 0.15) is 18.2 Å². The third kappa shape index (κ3) is 2.82. The topological polar surface area (TPSA) is 71.5 Å². The summed E-state index contributed by atoms with van der Waals surface area (Å²) in [6.45, 7) is 5.52. The van der Waals surface area contributed by atoms with Crippen LogP contribution in [-0.4, -0.2) is 22.2 Å². The summed E-state index contributed by atoms with van der Waals surface area (Å²) in [5.74, 6) is -0.0467. The molecule has 0 aliphatic heterocycles. The van der Waals surface area contributed by atoms with E-state index in [0.717, 1.165) is 22.2 Å². The van der Waals surface area contributed by atoms with Crippen molar-refractivity contribution in [1.82, 2.24) is 10.5 Å².